The van der Waals surface area contributed by atoms with Gasteiger partial charge >= 0.3 is 5.97 Å². The highest BCUT2D eigenvalue weighted by Gasteiger charge is 2.19. The van der Waals surface area contributed by atoms with E-state index in [4.69, 9.17) is 5.11 Å². The van der Waals surface area contributed by atoms with Gasteiger partial charge in [-0.3, -0.25) is 4.68 Å². The second kappa shape index (κ2) is 5.74. The molecular weight excluding hydrogens is 224 g/mol. The van der Waals surface area contributed by atoms with Crippen molar-refractivity contribution < 1.29 is 15.0 Å². The number of aromatic nitrogens is 3. The SMILES string of the molecule is CCC(C)(CO)NCCn1cc(C(=O)O)nn1. The minimum atomic E-state index is -1.09. The molecule has 1 rings (SSSR count). The fraction of sp³-hybridized carbons (Fsp3) is 0.700. The second-order valence-electron chi connectivity index (χ2n) is 4.17. The van der Waals surface area contributed by atoms with Crippen LogP contribution in [0.4, 0.5) is 0 Å². The first-order valence-corrected chi connectivity index (χ1v) is 5.50. The lowest BCUT2D eigenvalue weighted by Crippen LogP contribution is -2.46. The second-order valence-corrected chi connectivity index (χ2v) is 4.17. The molecule has 0 spiro atoms. The van der Waals surface area contributed by atoms with E-state index >= 15 is 0 Å². The van der Waals surface area contributed by atoms with Gasteiger partial charge in [-0.2, -0.15) is 0 Å². The first kappa shape index (κ1) is 13.6. The van der Waals surface area contributed by atoms with E-state index in [1.807, 2.05) is 13.8 Å². The van der Waals surface area contributed by atoms with Crippen LogP contribution >= 0.6 is 0 Å². The number of hydrogen-bond donors (Lipinski definition) is 3. The van der Waals surface area contributed by atoms with Gasteiger partial charge in [0, 0.05) is 12.1 Å². The molecule has 3 N–H and O–H groups in total. The van der Waals surface area contributed by atoms with Gasteiger partial charge in [-0.15, -0.1) is 5.10 Å². The van der Waals surface area contributed by atoms with E-state index < -0.39 is 5.97 Å². The van der Waals surface area contributed by atoms with Crippen molar-refractivity contribution >= 4 is 5.97 Å². The van der Waals surface area contributed by atoms with Crippen molar-refractivity contribution in [1.82, 2.24) is 20.3 Å². The standard InChI is InChI=1S/C10H18N4O3/c1-3-10(2,7-15)11-4-5-14-6-8(9(16)17)12-13-14/h6,11,15H,3-5,7H2,1-2H3,(H,16,17). The number of aromatic carboxylic acids is 1. The van der Waals surface area contributed by atoms with Crippen LogP contribution in [0.15, 0.2) is 6.20 Å². The summed E-state index contributed by atoms with van der Waals surface area (Å²) < 4.78 is 1.46. The molecule has 0 saturated carbocycles. The lowest BCUT2D eigenvalue weighted by atomic mass is 10.0. The fourth-order valence-electron chi connectivity index (χ4n) is 1.27. The molecule has 0 aliphatic carbocycles. The number of carbonyl (C=O) groups is 1. The number of rotatable bonds is 7. The van der Waals surface area contributed by atoms with E-state index in [1.165, 1.54) is 10.9 Å². The predicted octanol–water partition coefficient (Wildman–Crippen LogP) is -0.273. The zero-order valence-electron chi connectivity index (χ0n) is 10.1. The number of nitrogens with one attached hydrogen (secondary N) is 1. The topological polar surface area (TPSA) is 100 Å². The van der Waals surface area contributed by atoms with Crippen LogP contribution in [-0.4, -0.2) is 49.9 Å². The molecule has 17 heavy (non-hydrogen) atoms. The molecule has 0 amide bonds. The number of aliphatic hydroxyl groups is 1. The summed E-state index contributed by atoms with van der Waals surface area (Å²) in [6, 6.07) is 0. The molecular formula is C10H18N4O3. The first-order chi connectivity index (χ1) is 8.00. The molecule has 1 aromatic heterocycles. The van der Waals surface area contributed by atoms with Gasteiger partial charge in [0.15, 0.2) is 5.69 Å². The summed E-state index contributed by atoms with van der Waals surface area (Å²) in [6.07, 6.45) is 2.19. The summed E-state index contributed by atoms with van der Waals surface area (Å²) in [5, 5.41) is 28.2. The van der Waals surface area contributed by atoms with Crippen molar-refractivity contribution in [3.63, 3.8) is 0 Å². The van der Waals surface area contributed by atoms with Crippen LogP contribution < -0.4 is 5.32 Å². The molecule has 0 radical (unpaired) electrons. The van der Waals surface area contributed by atoms with E-state index in [1.54, 1.807) is 0 Å². The third kappa shape index (κ3) is 3.79. The highest BCUT2D eigenvalue weighted by Crippen LogP contribution is 2.06. The van der Waals surface area contributed by atoms with Gasteiger partial charge in [0.05, 0.1) is 19.3 Å². The molecule has 7 heteroatoms. The highest BCUT2D eigenvalue weighted by molar-refractivity contribution is 5.84. The zero-order valence-corrected chi connectivity index (χ0v) is 10.1. The van der Waals surface area contributed by atoms with Crippen LogP contribution in [0.2, 0.25) is 0 Å². The highest BCUT2D eigenvalue weighted by atomic mass is 16.4. The van der Waals surface area contributed by atoms with Crippen molar-refractivity contribution in [2.24, 2.45) is 0 Å². The minimum absolute atomic E-state index is 0.0568. The zero-order chi connectivity index (χ0) is 12.9. The van der Waals surface area contributed by atoms with Gasteiger partial charge in [-0.1, -0.05) is 12.1 Å². The Morgan fingerprint density at radius 2 is 2.35 bits per heavy atom. The van der Waals surface area contributed by atoms with Crippen LogP contribution in [0.25, 0.3) is 0 Å². The third-order valence-corrected chi connectivity index (χ3v) is 2.78. The predicted molar refractivity (Wildman–Crippen MR) is 60.8 cm³/mol. The Morgan fingerprint density at radius 1 is 1.65 bits per heavy atom. The third-order valence-electron chi connectivity index (χ3n) is 2.78. The largest absolute Gasteiger partial charge is 0.476 e. The first-order valence-electron chi connectivity index (χ1n) is 5.50. The van der Waals surface area contributed by atoms with Gasteiger partial charge in [-0.05, 0) is 13.3 Å². The van der Waals surface area contributed by atoms with Gasteiger partial charge in [0.1, 0.15) is 0 Å². The maximum Gasteiger partial charge on any atom is 0.358 e. The Balaban J connectivity index is 2.43. The fourth-order valence-corrected chi connectivity index (χ4v) is 1.27. The maximum atomic E-state index is 10.6. The van der Waals surface area contributed by atoms with Crippen LogP contribution in [0.1, 0.15) is 30.8 Å². The van der Waals surface area contributed by atoms with Crippen molar-refractivity contribution in [3.05, 3.63) is 11.9 Å². The number of carboxylic acid groups (broad SMARTS) is 1. The minimum Gasteiger partial charge on any atom is -0.476 e. The summed E-state index contributed by atoms with van der Waals surface area (Å²) in [6.45, 7) is 5.07. The van der Waals surface area contributed by atoms with Crippen LogP contribution in [0.5, 0.6) is 0 Å². The van der Waals surface area contributed by atoms with E-state index in [-0.39, 0.29) is 17.8 Å². The Hall–Kier alpha value is -1.47. The number of carboxylic acids is 1. The average Bonchev–Trinajstić information content (AvgIpc) is 2.78. The summed E-state index contributed by atoms with van der Waals surface area (Å²) in [5.41, 5.74) is -0.374. The molecule has 96 valence electrons. The van der Waals surface area contributed by atoms with Crippen molar-refractivity contribution in [2.45, 2.75) is 32.4 Å². The van der Waals surface area contributed by atoms with Gasteiger partial charge in [-0.25, -0.2) is 4.79 Å². The molecule has 1 atom stereocenters. The lowest BCUT2D eigenvalue weighted by molar-refractivity contribution is 0.0690. The molecule has 7 nitrogen and oxygen atoms in total. The maximum absolute atomic E-state index is 10.6. The average molecular weight is 242 g/mol. The van der Waals surface area contributed by atoms with Crippen molar-refractivity contribution in [1.29, 1.82) is 0 Å². The van der Waals surface area contributed by atoms with Crippen molar-refractivity contribution in [3.8, 4) is 0 Å². The summed E-state index contributed by atoms with van der Waals surface area (Å²) in [5.74, 6) is -1.09. The van der Waals surface area contributed by atoms with Gasteiger partial charge < -0.3 is 15.5 Å². The Morgan fingerprint density at radius 3 is 2.82 bits per heavy atom. The van der Waals surface area contributed by atoms with E-state index in [0.29, 0.717) is 13.1 Å². The van der Waals surface area contributed by atoms with Crippen LogP contribution in [-0.2, 0) is 6.54 Å². The molecule has 0 aliphatic heterocycles. The normalized spacial score (nSPS) is 14.5. The Kier molecular flexibility index (Phi) is 4.59. The number of nitrogens with zero attached hydrogens (tertiary/aromatic N) is 3. The quantitative estimate of drug-likeness (QED) is 0.608. The Bertz CT molecular complexity index is 373. The lowest BCUT2D eigenvalue weighted by Gasteiger charge is -2.27. The molecule has 0 aliphatic rings. The summed E-state index contributed by atoms with van der Waals surface area (Å²) in [4.78, 5) is 10.6. The number of aliphatic hydroxyl groups excluding tert-OH is 1. The molecule has 1 aromatic rings. The van der Waals surface area contributed by atoms with E-state index in [9.17, 15) is 9.90 Å². The molecule has 1 unspecified atom stereocenters. The van der Waals surface area contributed by atoms with Gasteiger partial charge in [0.2, 0.25) is 0 Å². The molecule has 0 fully saturated rings. The van der Waals surface area contributed by atoms with Crippen LogP contribution in [0.3, 0.4) is 0 Å². The van der Waals surface area contributed by atoms with Crippen molar-refractivity contribution in [2.75, 3.05) is 13.2 Å². The monoisotopic (exact) mass is 242 g/mol. The molecule has 0 saturated heterocycles. The van der Waals surface area contributed by atoms with E-state index in [2.05, 4.69) is 15.6 Å². The van der Waals surface area contributed by atoms with Crippen LogP contribution in [0, 0.1) is 0 Å². The molecule has 1 heterocycles. The molecule has 0 bridgehead atoms. The summed E-state index contributed by atoms with van der Waals surface area (Å²) >= 11 is 0. The smallest absolute Gasteiger partial charge is 0.358 e. The van der Waals surface area contributed by atoms with Gasteiger partial charge in [0.25, 0.3) is 0 Å². The molecule has 0 aromatic carbocycles. The number of hydrogen-bond acceptors (Lipinski definition) is 5. The summed E-state index contributed by atoms with van der Waals surface area (Å²) in [7, 11) is 0. The Labute approximate surface area is 99.4 Å². The van der Waals surface area contributed by atoms with E-state index in [0.717, 1.165) is 6.42 Å².